The molecular formula is C26H22F3NO4S. The van der Waals surface area contributed by atoms with Gasteiger partial charge in [0, 0.05) is 21.4 Å². The maximum Gasteiger partial charge on any atom is 0.416 e. The zero-order valence-electron chi connectivity index (χ0n) is 18.4. The van der Waals surface area contributed by atoms with Gasteiger partial charge in [0.25, 0.3) is 0 Å². The number of benzene rings is 3. The summed E-state index contributed by atoms with van der Waals surface area (Å²) in [5, 5.41) is 9.14. The Morgan fingerprint density at radius 1 is 1.03 bits per heavy atom. The van der Waals surface area contributed by atoms with E-state index in [-0.39, 0.29) is 18.7 Å². The number of rotatable bonds is 10. The lowest BCUT2D eigenvalue weighted by atomic mass is 9.92. The molecule has 0 amide bonds. The highest BCUT2D eigenvalue weighted by Gasteiger charge is 2.29. The van der Waals surface area contributed by atoms with Crippen LogP contribution in [0.15, 0.2) is 94.4 Å². The molecule has 3 N–H and O–H groups in total. The predicted octanol–water partition coefficient (Wildman–Crippen LogP) is 6.04. The van der Waals surface area contributed by atoms with Crippen molar-refractivity contribution in [2.24, 2.45) is 5.73 Å². The lowest BCUT2D eigenvalue weighted by Crippen LogP contribution is -2.15. The summed E-state index contributed by atoms with van der Waals surface area (Å²) in [6.07, 6.45) is -2.95. The number of alkyl halides is 3. The number of carboxylic acid groups (broad SMARTS) is 1. The fourth-order valence-electron chi connectivity index (χ4n) is 3.31. The third kappa shape index (κ3) is 7.65. The minimum atomic E-state index is -4.37. The van der Waals surface area contributed by atoms with Gasteiger partial charge < -0.3 is 15.6 Å². The average molecular weight is 502 g/mol. The zero-order valence-corrected chi connectivity index (χ0v) is 19.2. The Morgan fingerprint density at radius 2 is 1.71 bits per heavy atom. The first-order valence-electron chi connectivity index (χ1n) is 10.4. The summed E-state index contributed by atoms with van der Waals surface area (Å²) in [6.45, 7) is 0.256. The van der Waals surface area contributed by atoms with E-state index in [0.29, 0.717) is 22.5 Å². The number of halogens is 3. The lowest BCUT2D eigenvalue weighted by molar-refractivity contribution is -0.138. The highest BCUT2D eigenvalue weighted by atomic mass is 32.2. The molecule has 0 aliphatic heterocycles. The van der Waals surface area contributed by atoms with Crippen LogP contribution in [0.3, 0.4) is 0 Å². The van der Waals surface area contributed by atoms with Crippen molar-refractivity contribution in [2.75, 3.05) is 0 Å². The number of hydrogen-bond acceptors (Lipinski definition) is 5. The van der Waals surface area contributed by atoms with Gasteiger partial charge in [0.05, 0.1) is 12.0 Å². The Kier molecular flexibility index (Phi) is 8.59. The first-order valence-corrected chi connectivity index (χ1v) is 11.3. The molecule has 0 aliphatic carbocycles. The second kappa shape index (κ2) is 11.6. The maximum absolute atomic E-state index is 12.7. The molecule has 0 bridgehead atoms. The summed E-state index contributed by atoms with van der Waals surface area (Å²) in [6, 6.07) is 19.2. The lowest BCUT2D eigenvalue weighted by Gasteiger charge is -2.16. The first-order chi connectivity index (χ1) is 16.7. The molecule has 9 heteroatoms. The summed E-state index contributed by atoms with van der Waals surface area (Å²) < 4.78 is 44.0. The Balaban J connectivity index is 1.64. The highest BCUT2D eigenvalue weighted by molar-refractivity contribution is 7.99. The monoisotopic (exact) mass is 501 g/mol. The zero-order chi connectivity index (χ0) is 25.4. The molecular weight excluding hydrogens is 479 g/mol. The number of allylic oxidation sites excluding steroid dienone is 2. The molecule has 3 aromatic carbocycles. The average Bonchev–Trinajstić information content (AvgIpc) is 2.82. The van der Waals surface area contributed by atoms with Crippen LogP contribution in [0.4, 0.5) is 13.2 Å². The molecule has 0 spiro atoms. The predicted molar refractivity (Wildman–Crippen MR) is 126 cm³/mol. The number of aldehydes is 1. The van der Waals surface area contributed by atoms with Gasteiger partial charge in [-0.05, 0) is 65.7 Å². The standard InChI is InChI=1S/C26H22F3NO4S/c27-26(28,29)19-6-10-21(11-7-19)35-22-3-1-2-17(14-22)16-34-20-8-4-18(5-9-20)23(15-25(32)33)24(30)12-13-31/h1-14,23H,15-16,30H2,(H,32,33)/t23-/m0/s1. The van der Waals surface area contributed by atoms with E-state index < -0.39 is 23.6 Å². The molecule has 3 rings (SSSR count). The van der Waals surface area contributed by atoms with Crippen molar-refractivity contribution >= 4 is 24.0 Å². The van der Waals surface area contributed by atoms with Gasteiger partial charge in [-0.1, -0.05) is 36.0 Å². The van der Waals surface area contributed by atoms with Crippen LogP contribution in [-0.4, -0.2) is 17.4 Å². The first kappa shape index (κ1) is 25.9. The van der Waals surface area contributed by atoms with Crippen LogP contribution >= 0.6 is 11.8 Å². The van der Waals surface area contributed by atoms with Gasteiger partial charge in [0.15, 0.2) is 0 Å². The van der Waals surface area contributed by atoms with Crippen molar-refractivity contribution < 1.29 is 32.6 Å². The van der Waals surface area contributed by atoms with Crippen LogP contribution < -0.4 is 10.5 Å². The Bertz CT molecular complexity index is 1190. The summed E-state index contributed by atoms with van der Waals surface area (Å²) >= 11 is 1.35. The summed E-state index contributed by atoms with van der Waals surface area (Å²) in [7, 11) is 0. The van der Waals surface area contributed by atoms with Crippen molar-refractivity contribution in [3.8, 4) is 5.75 Å². The smallest absolute Gasteiger partial charge is 0.416 e. The van der Waals surface area contributed by atoms with E-state index in [4.69, 9.17) is 15.6 Å². The minimum absolute atomic E-state index is 0.165. The number of carbonyl (C=O) groups excluding carboxylic acids is 1. The van der Waals surface area contributed by atoms with Gasteiger partial charge >= 0.3 is 12.1 Å². The molecule has 0 aliphatic rings. The van der Waals surface area contributed by atoms with Gasteiger partial charge in [0.1, 0.15) is 18.6 Å². The van der Waals surface area contributed by atoms with Crippen molar-refractivity contribution in [1.82, 2.24) is 0 Å². The van der Waals surface area contributed by atoms with Crippen molar-refractivity contribution in [3.05, 3.63) is 101 Å². The Morgan fingerprint density at radius 3 is 2.31 bits per heavy atom. The van der Waals surface area contributed by atoms with Crippen molar-refractivity contribution in [2.45, 2.75) is 34.9 Å². The number of ether oxygens (including phenoxy) is 1. The molecule has 5 nitrogen and oxygen atoms in total. The number of carbonyl (C=O) groups is 2. The Labute approximate surface area is 204 Å². The molecule has 0 saturated heterocycles. The molecule has 0 fully saturated rings. The van der Waals surface area contributed by atoms with E-state index >= 15 is 0 Å². The molecule has 35 heavy (non-hydrogen) atoms. The van der Waals surface area contributed by atoms with Crippen LogP contribution in [0.2, 0.25) is 0 Å². The molecule has 0 radical (unpaired) electrons. The molecule has 1 atom stereocenters. The number of nitrogens with two attached hydrogens (primary N) is 1. The second-order valence-corrected chi connectivity index (χ2v) is 8.73. The third-order valence-corrected chi connectivity index (χ3v) is 6.04. The van der Waals surface area contributed by atoms with Crippen molar-refractivity contribution in [3.63, 3.8) is 0 Å². The summed E-state index contributed by atoms with van der Waals surface area (Å²) in [4.78, 5) is 23.4. The molecule has 182 valence electrons. The molecule has 0 saturated carbocycles. The number of aliphatic carboxylic acids is 1. The normalized spacial score (nSPS) is 12.7. The van der Waals surface area contributed by atoms with Gasteiger partial charge in [-0.25, -0.2) is 0 Å². The van der Waals surface area contributed by atoms with Gasteiger partial charge in [0.2, 0.25) is 0 Å². The van der Waals surface area contributed by atoms with E-state index in [0.717, 1.165) is 28.7 Å². The number of carboxylic acids is 1. The Hall–Kier alpha value is -3.72. The molecule has 0 aromatic heterocycles. The van der Waals surface area contributed by atoms with E-state index in [1.165, 1.54) is 23.9 Å². The SMILES string of the molecule is NC(=CC=O)[C@@H](CC(=O)O)c1ccc(OCc2cccc(Sc3ccc(C(F)(F)F)cc3)c2)cc1. The van der Waals surface area contributed by atoms with E-state index in [9.17, 15) is 22.8 Å². The molecule has 0 heterocycles. The minimum Gasteiger partial charge on any atom is -0.489 e. The van der Waals surface area contributed by atoms with E-state index in [1.54, 1.807) is 24.3 Å². The van der Waals surface area contributed by atoms with Crippen LogP contribution in [0.25, 0.3) is 0 Å². The van der Waals surface area contributed by atoms with Crippen molar-refractivity contribution in [1.29, 1.82) is 0 Å². The maximum atomic E-state index is 12.7. The largest absolute Gasteiger partial charge is 0.489 e. The van der Waals surface area contributed by atoms with E-state index in [2.05, 4.69) is 0 Å². The number of hydrogen-bond donors (Lipinski definition) is 2. The second-order valence-electron chi connectivity index (χ2n) is 7.58. The van der Waals surface area contributed by atoms with Crippen LogP contribution in [0.1, 0.15) is 29.0 Å². The third-order valence-electron chi connectivity index (χ3n) is 5.05. The topological polar surface area (TPSA) is 89.6 Å². The van der Waals surface area contributed by atoms with E-state index in [1.807, 2.05) is 24.3 Å². The summed E-state index contributed by atoms with van der Waals surface area (Å²) in [5.74, 6) is -1.11. The highest BCUT2D eigenvalue weighted by Crippen LogP contribution is 2.33. The van der Waals surface area contributed by atoms with Gasteiger partial charge in [-0.15, -0.1) is 0 Å². The van der Waals surface area contributed by atoms with Crippen LogP contribution in [0, 0.1) is 0 Å². The summed E-state index contributed by atoms with van der Waals surface area (Å²) in [5.41, 5.74) is 6.85. The van der Waals surface area contributed by atoms with Gasteiger partial charge in [-0.3, -0.25) is 9.59 Å². The fourth-order valence-corrected chi connectivity index (χ4v) is 4.21. The van der Waals surface area contributed by atoms with Gasteiger partial charge in [-0.2, -0.15) is 13.2 Å². The quantitative estimate of drug-likeness (QED) is 0.260. The fraction of sp³-hybridized carbons (Fsp3) is 0.154. The van der Waals surface area contributed by atoms with Crippen LogP contribution in [-0.2, 0) is 22.4 Å². The molecule has 3 aromatic rings. The van der Waals surface area contributed by atoms with Crippen LogP contribution in [0.5, 0.6) is 5.75 Å². The molecule has 0 unspecified atom stereocenters.